The molecule has 0 unspecified atom stereocenters. The third kappa shape index (κ3) is 3.61. The first-order valence-corrected chi connectivity index (χ1v) is 7.73. The molecular weight excluding hydrogens is 284 g/mol. The molecule has 0 saturated carbocycles. The van der Waals surface area contributed by atoms with Gasteiger partial charge in [-0.3, -0.25) is 0 Å². The highest BCUT2D eigenvalue weighted by molar-refractivity contribution is 7.09. The molecule has 112 valence electrons. The van der Waals surface area contributed by atoms with E-state index in [2.05, 4.69) is 24.2 Å². The monoisotopic (exact) mass is 304 g/mol. The summed E-state index contributed by atoms with van der Waals surface area (Å²) in [6.45, 7) is 4.94. The van der Waals surface area contributed by atoms with Gasteiger partial charge in [0.2, 0.25) is 0 Å². The van der Waals surface area contributed by atoms with E-state index in [9.17, 15) is 4.79 Å². The third-order valence-electron chi connectivity index (χ3n) is 3.18. The van der Waals surface area contributed by atoms with E-state index in [4.69, 9.17) is 4.74 Å². The Morgan fingerprint density at radius 1 is 1.38 bits per heavy atom. The van der Waals surface area contributed by atoms with E-state index in [0.717, 1.165) is 16.4 Å². The number of carbonyl (C=O) groups is 1. The molecule has 0 amide bonds. The minimum Gasteiger partial charge on any atom is -0.465 e. The molecule has 1 heterocycles. The molecule has 2 rings (SSSR count). The molecule has 0 saturated heterocycles. The molecule has 0 aliphatic rings. The summed E-state index contributed by atoms with van der Waals surface area (Å²) >= 11 is 1.68. The van der Waals surface area contributed by atoms with Crippen LogP contribution in [0.4, 0.5) is 5.69 Å². The fourth-order valence-corrected chi connectivity index (χ4v) is 2.90. The standard InChI is InChI=1S/C16H20N2O2S/c1-11(2)15-17-12(10-21-15)9-18(3)14-8-6-5-7-13(14)16(19)20-4/h5-8,10-11H,9H2,1-4H3. The van der Waals surface area contributed by atoms with Gasteiger partial charge >= 0.3 is 5.97 Å². The number of nitrogens with zero attached hydrogens (tertiary/aromatic N) is 2. The van der Waals surface area contributed by atoms with E-state index < -0.39 is 0 Å². The molecule has 0 N–H and O–H groups in total. The zero-order chi connectivity index (χ0) is 15.4. The number of methoxy groups -OCH3 is 1. The molecular formula is C16H20N2O2S. The van der Waals surface area contributed by atoms with E-state index in [1.165, 1.54) is 7.11 Å². The van der Waals surface area contributed by atoms with Gasteiger partial charge in [-0.2, -0.15) is 0 Å². The molecule has 4 nitrogen and oxygen atoms in total. The SMILES string of the molecule is COC(=O)c1ccccc1N(C)Cc1csc(C(C)C)n1. The molecule has 5 heteroatoms. The Bertz CT molecular complexity index is 622. The molecule has 0 spiro atoms. The van der Waals surface area contributed by atoms with Crippen molar-refractivity contribution >= 4 is 23.0 Å². The molecule has 1 aromatic carbocycles. The lowest BCUT2D eigenvalue weighted by Crippen LogP contribution is -2.20. The Morgan fingerprint density at radius 2 is 2.10 bits per heavy atom. The zero-order valence-corrected chi connectivity index (χ0v) is 13.6. The van der Waals surface area contributed by atoms with Gasteiger partial charge in [-0.1, -0.05) is 26.0 Å². The van der Waals surface area contributed by atoms with E-state index in [1.54, 1.807) is 17.4 Å². The lowest BCUT2D eigenvalue weighted by Gasteiger charge is -2.20. The molecule has 0 radical (unpaired) electrons. The molecule has 0 aliphatic carbocycles. The van der Waals surface area contributed by atoms with Crippen molar-refractivity contribution < 1.29 is 9.53 Å². The second kappa shape index (κ2) is 6.72. The van der Waals surface area contributed by atoms with Crippen LogP contribution in [0.25, 0.3) is 0 Å². The molecule has 21 heavy (non-hydrogen) atoms. The van der Waals surface area contributed by atoms with E-state index in [0.29, 0.717) is 18.0 Å². The summed E-state index contributed by atoms with van der Waals surface area (Å²) < 4.78 is 4.83. The number of thiazole rings is 1. The van der Waals surface area contributed by atoms with Crippen molar-refractivity contribution in [1.82, 2.24) is 4.98 Å². The van der Waals surface area contributed by atoms with Gasteiger partial charge in [-0.05, 0) is 12.1 Å². The first-order valence-electron chi connectivity index (χ1n) is 6.85. The molecule has 0 bridgehead atoms. The van der Waals surface area contributed by atoms with Crippen molar-refractivity contribution in [2.45, 2.75) is 26.3 Å². The zero-order valence-electron chi connectivity index (χ0n) is 12.8. The van der Waals surface area contributed by atoms with Crippen LogP contribution in [0.15, 0.2) is 29.6 Å². The second-order valence-electron chi connectivity index (χ2n) is 5.20. The summed E-state index contributed by atoms with van der Waals surface area (Å²) in [5.41, 5.74) is 2.44. The van der Waals surface area contributed by atoms with Crippen LogP contribution in [-0.4, -0.2) is 25.1 Å². The first kappa shape index (κ1) is 15.5. The Morgan fingerprint density at radius 3 is 2.71 bits per heavy atom. The number of hydrogen-bond acceptors (Lipinski definition) is 5. The minimum atomic E-state index is -0.321. The van der Waals surface area contributed by atoms with Gasteiger partial charge in [0.05, 0.1) is 35.6 Å². The summed E-state index contributed by atoms with van der Waals surface area (Å²) in [6, 6.07) is 7.45. The van der Waals surface area contributed by atoms with Crippen LogP contribution in [0.2, 0.25) is 0 Å². The van der Waals surface area contributed by atoms with Crippen LogP contribution >= 0.6 is 11.3 Å². The fraction of sp³-hybridized carbons (Fsp3) is 0.375. The van der Waals surface area contributed by atoms with Crippen molar-refractivity contribution in [2.75, 3.05) is 19.1 Å². The van der Waals surface area contributed by atoms with Gasteiger partial charge in [0.1, 0.15) is 0 Å². The summed E-state index contributed by atoms with van der Waals surface area (Å²) in [7, 11) is 3.35. The third-order valence-corrected chi connectivity index (χ3v) is 4.38. The van der Waals surface area contributed by atoms with E-state index >= 15 is 0 Å². The fourth-order valence-electron chi connectivity index (χ4n) is 2.08. The summed E-state index contributed by atoms with van der Waals surface area (Å²) in [5.74, 6) is 0.120. The average Bonchev–Trinajstić information content (AvgIpc) is 2.95. The highest BCUT2D eigenvalue weighted by Crippen LogP contribution is 2.24. The summed E-state index contributed by atoms with van der Waals surface area (Å²) in [5, 5.41) is 3.21. The van der Waals surface area contributed by atoms with E-state index in [1.807, 2.05) is 30.1 Å². The number of ether oxygens (including phenoxy) is 1. The predicted molar refractivity (Wildman–Crippen MR) is 86.1 cm³/mol. The normalized spacial score (nSPS) is 10.7. The molecule has 0 atom stereocenters. The maximum absolute atomic E-state index is 11.8. The number of anilines is 1. The highest BCUT2D eigenvalue weighted by atomic mass is 32.1. The quantitative estimate of drug-likeness (QED) is 0.790. The Hall–Kier alpha value is -1.88. The molecule has 0 fully saturated rings. The number of hydrogen-bond donors (Lipinski definition) is 0. The Balaban J connectivity index is 2.20. The van der Waals surface area contributed by atoms with Crippen molar-refractivity contribution in [3.05, 3.63) is 45.9 Å². The molecule has 2 aromatic rings. The maximum Gasteiger partial charge on any atom is 0.339 e. The number of aromatic nitrogens is 1. The van der Waals surface area contributed by atoms with Gasteiger partial charge in [0, 0.05) is 18.3 Å². The number of esters is 1. The number of rotatable bonds is 5. The lowest BCUT2D eigenvalue weighted by atomic mass is 10.1. The van der Waals surface area contributed by atoms with Crippen molar-refractivity contribution in [1.29, 1.82) is 0 Å². The van der Waals surface area contributed by atoms with Crippen LogP contribution < -0.4 is 4.90 Å². The van der Waals surface area contributed by atoms with Crippen LogP contribution in [0.1, 0.15) is 40.8 Å². The first-order chi connectivity index (χ1) is 10.0. The predicted octanol–water partition coefficient (Wildman–Crippen LogP) is 3.69. The van der Waals surface area contributed by atoms with Gasteiger partial charge < -0.3 is 9.64 Å². The van der Waals surface area contributed by atoms with E-state index in [-0.39, 0.29) is 5.97 Å². The highest BCUT2D eigenvalue weighted by Gasteiger charge is 2.15. The van der Waals surface area contributed by atoms with Gasteiger partial charge in [-0.25, -0.2) is 9.78 Å². The van der Waals surface area contributed by atoms with Crippen LogP contribution in [0, 0.1) is 0 Å². The number of para-hydroxylation sites is 1. The smallest absolute Gasteiger partial charge is 0.339 e. The van der Waals surface area contributed by atoms with Gasteiger partial charge in [0.25, 0.3) is 0 Å². The van der Waals surface area contributed by atoms with Crippen molar-refractivity contribution in [3.63, 3.8) is 0 Å². The Kier molecular flexibility index (Phi) is 4.96. The topological polar surface area (TPSA) is 42.4 Å². The summed E-state index contributed by atoms with van der Waals surface area (Å²) in [6.07, 6.45) is 0. The number of carbonyl (C=O) groups excluding carboxylic acids is 1. The Labute approximate surface area is 129 Å². The van der Waals surface area contributed by atoms with Crippen LogP contribution in [0.5, 0.6) is 0 Å². The minimum absolute atomic E-state index is 0.321. The lowest BCUT2D eigenvalue weighted by molar-refractivity contribution is 0.0601. The molecule has 0 aliphatic heterocycles. The van der Waals surface area contributed by atoms with Gasteiger partial charge in [-0.15, -0.1) is 11.3 Å². The van der Waals surface area contributed by atoms with Crippen molar-refractivity contribution in [3.8, 4) is 0 Å². The van der Waals surface area contributed by atoms with Crippen LogP contribution in [0.3, 0.4) is 0 Å². The number of benzene rings is 1. The second-order valence-corrected chi connectivity index (χ2v) is 6.09. The van der Waals surface area contributed by atoms with Crippen LogP contribution in [-0.2, 0) is 11.3 Å². The average molecular weight is 304 g/mol. The summed E-state index contributed by atoms with van der Waals surface area (Å²) in [4.78, 5) is 18.5. The largest absolute Gasteiger partial charge is 0.465 e. The molecule has 1 aromatic heterocycles. The van der Waals surface area contributed by atoms with Gasteiger partial charge in [0.15, 0.2) is 0 Å². The van der Waals surface area contributed by atoms with Crippen molar-refractivity contribution in [2.24, 2.45) is 0 Å². The maximum atomic E-state index is 11.8.